The molecule has 0 saturated heterocycles. The van der Waals surface area contributed by atoms with Crippen LogP contribution in [0.15, 0.2) is 91.0 Å². The van der Waals surface area contributed by atoms with Crippen LogP contribution in [-0.2, 0) is 9.59 Å². The van der Waals surface area contributed by atoms with E-state index < -0.39 is 51.5 Å². The Balaban J connectivity index is 0.000000605. The SMILES string of the molecule is CC(=O)[O-].CC(=O)[O-].CC[CH2][Sn+]([CH2]CC)[CH2]CC.c1cc[c]([Sn+]([c]2ccccc2)[c]2ccccc2)cc1. The van der Waals surface area contributed by atoms with E-state index in [2.05, 4.69) is 112 Å². The van der Waals surface area contributed by atoms with Gasteiger partial charge in [0.2, 0.25) is 0 Å². The van der Waals surface area contributed by atoms with Crippen molar-refractivity contribution in [1.82, 2.24) is 0 Å². The fourth-order valence-corrected chi connectivity index (χ4v) is 19.3. The summed E-state index contributed by atoms with van der Waals surface area (Å²) in [5.41, 5.74) is 0. The number of carbonyl (C=O) groups is 2. The van der Waals surface area contributed by atoms with E-state index in [0.29, 0.717) is 0 Å². The maximum atomic E-state index is 8.89. The van der Waals surface area contributed by atoms with Gasteiger partial charge in [0.05, 0.1) is 0 Å². The number of carbonyl (C=O) groups excluding carboxylic acids is 2. The molecule has 0 unspecified atom stereocenters. The number of carboxylic acids is 2. The topological polar surface area (TPSA) is 80.3 Å². The van der Waals surface area contributed by atoms with E-state index >= 15 is 0 Å². The van der Waals surface area contributed by atoms with Crippen LogP contribution >= 0.6 is 0 Å². The third-order valence-electron chi connectivity index (χ3n) is 5.00. The molecule has 0 aliphatic heterocycles. The van der Waals surface area contributed by atoms with Gasteiger partial charge in [-0.2, -0.15) is 0 Å². The number of benzene rings is 3. The second-order valence-corrected chi connectivity index (χ2v) is 24.1. The number of rotatable bonds is 9. The first-order valence-corrected chi connectivity index (χ1v) is 23.3. The van der Waals surface area contributed by atoms with Gasteiger partial charge in [0, 0.05) is 11.9 Å². The summed E-state index contributed by atoms with van der Waals surface area (Å²) in [5.74, 6) is -2.17. The van der Waals surface area contributed by atoms with Crippen LogP contribution in [0.25, 0.3) is 0 Å². The molecule has 0 amide bonds. The van der Waals surface area contributed by atoms with E-state index in [1.54, 1.807) is 13.3 Å². The first-order chi connectivity index (χ1) is 17.8. The molecule has 0 radical (unpaired) electrons. The van der Waals surface area contributed by atoms with Gasteiger partial charge < -0.3 is 19.8 Å². The third kappa shape index (κ3) is 19.0. The van der Waals surface area contributed by atoms with Crippen molar-refractivity contribution in [3.8, 4) is 0 Å². The van der Waals surface area contributed by atoms with Crippen molar-refractivity contribution in [3.63, 3.8) is 0 Å². The Morgan fingerprint density at radius 1 is 0.541 bits per heavy atom. The molecule has 0 aromatic heterocycles. The van der Waals surface area contributed by atoms with Gasteiger partial charge >= 0.3 is 195 Å². The Hall–Kier alpha value is -1.80. The molecule has 6 heteroatoms. The zero-order valence-corrected chi connectivity index (χ0v) is 28.7. The first-order valence-electron chi connectivity index (χ1n) is 13.0. The fraction of sp³-hybridized carbons (Fsp3) is 0.355. The zero-order chi connectivity index (χ0) is 27.9. The average Bonchev–Trinajstić information content (AvgIpc) is 2.87. The number of aliphatic carboxylic acids is 2. The van der Waals surface area contributed by atoms with E-state index in [-0.39, 0.29) is 0 Å². The Morgan fingerprint density at radius 2 is 0.757 bits per heavy atom. The Bertz CT molecular complexity index is 823. The maximum absolute atomic E-state index is 8.89. The monoisotopic (exact) mass is 718 g/mol. The zero-order valence-electron chi connectivity index (χ0n) is 23.0. The molecule has 0 spiro atoms. The fourth-order valence-electron chi connectivity index (χ4n) is 3.75. The molecule has 0 aliphatic carbocycles. The number of hydrogen-bond donors (Lipinski definition) is 0. The van der Waals surface area contributed by atoms with Gasteiger partial charge in [-0.3, -0.25) is 0 Å². The molecule has 3 aromatic carbocycles. The summed E-state index contributed by atoms with van der Waals surface area (Å²) in [6.45, 7) is 8.96. The molecule has 4 nitrogen and oxygen atoms in total. The molecular weight excluding hydrogens is 674 g/mol. The van der Waals surface area contributed by atoms with Crippen LogP contribution < -0.4 is 21.0 Å². The molecule has 0 aliphatic rings. The summed E-state index contributed by atoms with van der Waals surface area (Å²) < 4.78 is 9.52. The van der Waals surface area contributed by atoms with Gasteiger partial charge in [0.15, 0.2) is 0 Å². The molecule has 0 fully saturated rings. The van der Waals surface area contributed by atoms with Crippen molar-refractivity contribution in [2.75, 3.05) is 0 Å². The van der Waals surface area contributed by atoms with Crippen molar-refractivity contribution in [2.45, 2.75) is 67.2 Å². The Kier molecular flexibility index (Phi) is 22.2. The third-order valence-corrected chi connectivity index (χ3v) is 23.1. The van der Waals surface area contributed by atoms with Crippen LogP contribution in [0.2, 0.25) is 13.3 Å². The molecule has 3 rings (SSSR count). The van der Waals surface area contributed by atoms with E-state index in [4.69, 9.17) is 19.8 Å². The normalized spacial score (nSPS) is 9.22. The van der Waals surface area contributed by atoms with E-state index in [0.717, 1.165) is 13.8 Å². The summed E-state index contributed by atoms with van der Waals surface area (Å²) >= 11 is -2.74. The van der Waals surface area contributed by atoms with E-state index in [1.165, 1.54) is 30.0 Å². The molecule has 0 saturated carbocycles. The van der Waals surface area contributed by atoms with Crippen LogP contribution in [0.5, 0.6) is 0 Å². The Morgan fingerprint density at radius 3 is 0.946 bits per heavy atom. The minimum absolute atomic E-state index is 0.759. The molecule has 3 aromatic rings. The minimum atomic E-state index is -1.98. The number of hydrogen-bond acceptors (Lipinski definition) is 4. The second kappa shape index (κ2) is 23.3. The van der Waals surface area contributed by atoms with Crippen molar-refractivity contribution in [2.24, 2.45) is 0 Å². The van der Waals surface area contributed by atoms with Gasteiger partial charge in [0.1, 0.15) is 0 Å². The van der Waals surface area contributed by atoms with Crippen molar-refractivity contribution in [1.29, 1.82) is 0 Å². The van der Waals surface area contributed by atoms with Crippen molar-refractivity contribution < 1.29 is 19.8 Å². The first kappa shape index (κ1) is 35.2. The molecule has 0 N–H and O–H groups in total. The summed E-state index contributed by atoms with van der Waals surface area (Å²) in [6.07, 6.45) is 4.36. The summed E-state index contributed by atoms with van der Waals surface area (Å²) in [4.78, 5) is 17.8. The second-order valence-electron chi connectivity index (χ2n) is 8.46. The van der Waals surface area contributed by atoms with E-state index in [1.807, 2.05) is 0 Å². The van der Waals surface area contributed by atoms with Crippen molar-refractivity contribution in [3.05, 3.63) is 91.0 Å². The Labute approximate surface area is 238 Å². The molecule has 0 atom stereocenters. The summed E-state index contributed by atoms with van der Waals surface area (Å²) in [5, 5.41) is 17.8. The average molecular weight is 716 g/mol. The van der Waals surface area contributed by atoms with Gasteiger partial charge in [-0.05, 0) is 13.8 Å². The predicted molar refractivity (Wildman–Crippen MR) is 156 cm³/mol. The molecule has 0 bridgehead atoms. The van der Waals surface area contributed by atoms with Crippen molar-refractivity contribution >= 4 is 62.2 Å². The molecule has 37 heavy (non-hydrogen) atoms. The van der Waals surface area contributed by atoms with Crippen LogP contribution in [-0.4, -0.2) is 51.5 Å². The van der Waals surface area contributed by atoms with Crippen LogP contribution in [0.1, 0.15) is 53.9 Å². The van der Waals surface area contributed by atoms with E-state index in [9.17, 15) is 0 Å². The summed E-state index contributed by atoms with van der Waals surface area (Å²) in [7, 11) is 0. The van der Waals surface area contributed by atoms with Crippen LogP contribution in [0.3, 0.4) is 0 Å². The van der Waals surface area contributed by atoms with Gasteiger partial charge in [-0.15, -0.1) is 0 Å². The standard InChI is InChI=1S/3C6H5.3C3H7.2C2H4O2.2Sn/c3*1-2-4-6-5-3-1;3*1-3-2;2*1-2(3)4;;/h3*1-5H;3*1,3H2,2H3;2*1H3,(H,3,4);;/q;;;;;;;;2*+1/p-2. The quantitative estimate of drug-likeness (QED) is 0.319. The molecule has 0 heterocycles. The van der Waals surface area contributed by atoms with Crippen LogP contribution in [0, 0.1) is 0 Å². The molecular formula is C31H42O4Sn2. The van der Waals surface area contributed by atoms with Crippen LogP contribution in [0.4, 0.5) is 0 Å². The van der Waals surface area contributed by atoms with Gasteiger partial charge in [-0.25, -0.2) is 0 Å². The summed E-state index contributed by atoms with van der Waals surface area (Å²) in [6, 6.07) is 32.9. The molecule has 198 valence electrons. The number of carboxylic acid groups (broad SMARTS) is 2. The predicted octanol–water partition coefficient (Wildman–Crippen LogP) is 3.43. The van der Waals surface area contributed by atoms with Gasteiger partial charge in [-0.1, -0.05) is 0 Å². The van der Waals surface area contributed by atoms with Gasteiger partial charge in [0.25, 0.3) is 0 Å².